The number of fused-ring (bicyclic) bond motifs is 2. The fourth-order valence-corrected chi connectivity index (χ4v) is 2.87. The van der Waals surface area contributed by atoms with E-state index in [0.717, 1.165) is 10.8 Å². The van der Waals surface area contributed by atoms with Gasteiger partial charge in [0.15, 0.2) is 5.76 Å². The van der Waals surface area contributed by atoms with Crippen molar-refractivity contribution < 1.29 is 13.9 Å². The summed E-state index contributed by atoms with van der Waals surface area (Å²) in [6.07, 6.45) is 1.62. The number of Topliss-reactive ketones (excluding diaryl/α,β-unsaturated/α-hetero) is 1. The van der Waals surface area contributed by atoms with E-state index >= 15 is 0 Å². The molecular weight excluding hydrogens is 318 g/mol. The molecule has 0 N–H and O–H groups in total. The Morgan fingerprint density at radius 3 is 2.72 bits per heavy atom. The van der Waals surface area contributed by atoms with Gasteiger partial charge < -0.3 is 13.7 Å². The molecule has 0 fully saturated rings. The molecule has 0 aliphatic rings. The van der Waals surface area contributed by atoms with Gasteiger partial charge in [0.25, 0.3) is 5.56 Å². The first kappa shape index (κ1) is 15.2. The number of ether oxygens (including phenoxy) is 1. The van der Waals surface area contributed by atoms with Gasteiger partial charge >= 0.3 is 0 Å². The second-order valence-corrected chi connectivity index (χ2v) is 5.77. The Balaban J connectivity index is 1.69. The van der Waals surface area contributed by atoms with Crippen LogP contribution in [0.15, 0.2) is 70.0 Å². The highest BCUT2D eigenvalue weighted by molar-refractivity contribution is 5.97. The number of methoxy groups -OCH3 is 1. The molecule has 0 spiro atoms. The van der Waals surface area contributed by atoms with Crippen LogP contribution in [0.25, 0.3) is 21.7 Å². The van der Waals surface area contributed by atoms with Gasteiger partial charge in [-0.2, -0.15) is 0 Å². The van der Waals surface area contributed by atoms with E-state index < -0.39 is 0 Å². The lowest BCUT2D eigenvalue weighted by Crippen LogP contribution is -2.23. The highest BCUT2D eigenvalue weighted by Crippen LogP contribution is 2.20. The second-order valence-electron chi connectivity index (χ2n) is 5.77. The minimum atomic E-state index is -0.244. The van der Waals surface area contributed by atoms with Crippen LogP contribution >= 0.6 is 0 Å². The van der Waals surface area contributed by atoms with Crippen LogP contribution < -0.4 is 10.3 Å². The van der Waals surface area contributed by atoms with E-state index in [1.165, 1.54) is 4.57 Å². The van der Waals surface area contributed by atoms with Gasteiger partial charge in [-0.05, 0) is 41.8 Å². The van der Waals surface area contributed by atoms with Crippen LogP contribution in [0.4, 0.5) is 0 Å². The summed E-state index contributed by atoms with van der Waals surface area (Å²) in [6, 6.07) is 16.2. The summed E-state index contributed by atoms with van der Waals surface area (Å²) in [7, 11) is 1.58. The molecule has 5 heteroatoms. The van der Waals surface area contributed by atoms with Gasteiger partial charge in [0.05, 0.1) is 13.7 Å². The summed E-state index contributed by atoms with van der Waals surface area (Å²) >= 11 is 0. The van der Waals surface area contributed by atoms with Gasteiger partial charge in [-0.1, -0.05) is 18.2 Å². The molecule has 5 nitrogen and oxygen atoms in total. The number of para-hydroxylation sites is 1. The number of hydrogen-bond acceptors (Lipinski definition) is 4. The largest absolute Gasteiger partial charge is 0.497 e. The first-order chi connectivity index (χ1) is 12.2. The van der Waals surface area contributed by atoms with Crippen LogP contribution in [0.1, 0.15) is 10.6 Å². The van der Waals surface area contributed by atoms with Gasteiger partial charge in [-0.15, -0.1) is 0 Å². The van der Waals surface area contributed by atoms with Crippen molar-refractivity contribution in [1.82, 2.24) is 4.57 Å². The van der Waals surface area contributed by atoms with E-state index in [1.54, 1.807) is 43.6 Å². The zero-order chi connectivity index (χ0) is 17.4. The number of aromatic nitrogens is 1. The van der Waals surface area contributed by atoms with Crippen molar-refractivity contribution in [2.45, 2.75) is 6.54 Å². The van der Waals surface area contributed by atoms with Crippen molar-refractivity contribution in [3.63, 3.8) is 0 Å². The SMILES string of the molecule is COc1ccc2c(=O)n(CC(=O)c3cc4ccccc4o3)ccc2c1. The molecule has 0 amide bonds. The highest BCUT2D eigenvalue weighted by atomic mass is 16.5. The number of carbonyl (C=O) groups is 1. The lowest BCUT2D eigenvalue weighted by Gasteiger charge is -2.07. The lowest BCUT2D eigenvalue weighted by atomic mass is 10.1. The molecule has 2 aromatic heterocycles. The minimum absolute atomic E-state index is 0.0688. The molecule has 124 valence electrons. The first-order valence-corrected chi connectivity index (χ1v) is 7.85. The van der Waals surface area contributed by atoms with Gasteiger partial charge in [0, 0.05) is 17.0 Å². The molecule has 0 aliphatic carbocycles. The maximum Gasteiger partial charge on any atom is 0.258 e. The van der Waals surface area contributed by atoms with Gasteiger partial charge in [0.2, 0.25) is 5.78 Å². The molecule has 0 saturated carbocycles. The molecule has 0 aliphatic heterocycles. The van der Waals surface area contributed by atoms with E-state index in [1.807, 2.05) is 24.3 Å². The highest BCUT2D eigenvalue weighted by Gasteiger charge is 2.14. The molecule has 2 aromatic carbocycles. The fraction of sp³-hybridized carbons (Fsp3) is 0.100. The van der Waals surface area contributed by atoms with Gasteiger partial charge in [-0.25, -0.2) is 0 Å². The molecule has 0 bridgehead atoms. The van der Waals surface area contributed by atoms with Crippen LogP contribution in [-0.4, -0.2) is 17.5 Å². The van der Waals surface area contributed by atoms with E-state index in [9.17, 15) is 9.59 Å². The number of pyridine rings is 1. The predicted octanol–water partition coefficient (Wildman–Crippen LogP) is 3.64. The third-order valence-corrected chi connectivity index (χ3v) is 4.20. The topological polar surface area (TPSA) is 61.4 Å². The van der Waals surface area contributed by atoms with Crippen LogP contribution in [-0.2, 0) is 6.54 Å². The molecular formula is C20H15NO4. The number of hydrogen-bond donors (Lipinski definition) is 0. The number of ketones is 1. The Hall–Kier alpha value is -3.34. The number of benzene rings is 2. The molecule has 25 heavy (non-hydrogen) atoms. The van der Waals surface area contributed by atoms with Gasteiger partial charge in [0.1, 0.15) is 11.3 Å². The van der Waals surface area contributed by atoms with E-state index in [2.05, 4.69) is 0 Å². The van der Waals surface area contributed by atoms with Crippen LogP contribution in [0.3, 0.4) is 0 Å². The van der Waals surface area contributed by atoms with Gasteiger partial charge in [-0.3, -0.25) is 9.59 Å². The molecule has 4 aromatic rings. The maximum atomic E-state index is 12.6. The number of carbonyl (C=O) groups excluding carboxylic acids is 1. The Kier molecular flexibility index (Phi) is 3.61. The summed E-state index contributed by atoms with van der Waals surface area (Å²) in [5.41, 5.74) is 0.438. The van der Waals surface area contributed by atoms with E-state index in [0.29, 0.717) is 16.7 Å². The Bertz CT molecular complexity index is 1120. The van der Waals surface area contributed by atoms with Crippen LogP contribution in [0, 0.1) is 0 Å². The van der Waals surface area contributed by atoms with Crippen LogP contribution in [0.2, 0.25) is 0 Å². The molecule has 0 radical (unpaired) electrons. The summed E-state index contributed by atoms with van der Waals surface area (Å²) < 4.78 is 12.1. The Morgan fingerprint density at radius 2 is 1.92 bits per heavy atom. The van der Waals surface area contributed by atoms with Crippen molar-refractivity contribution in [3.05, 3.63) is 76.9 Å². The summed E-state index contributed by atoms with van der Waals surface area (Å²) in [5.74, 6) is 0.692. The van der Waals surface area contributed by atoms with Crippen molar-refractivity contribution in [1.29, 1.82) is 0 Å². The van der Waals surface area contributed by atoms with Crippen molar-refractivity contribution in [2.75, 3.05) is 7.11 Å². The quantitative estimate of drug-likeness (QED) is 0.535. The smallest absolute Gasteiger partial charge is 0.258 e. The maximum absolute atomic E-state index is 12.6. The molecule has 4 rings (SSSR count). The molecule has 0 saturated heterocycles. The monoisotopic (exact) mass is 333 g/mol. The van der Waals surface area contributed by atoms with Crippen molar-refractivity contribution >= 4 is 27.5 Å². The first-order valence-electron chi connectivity index (χ1n) is 7.85. The Labute approximate surface area is 143 Å². The molecule has 2 heterocycles. The zero-order valence-electron chi connectivity index (χ0n) is 13.6. The van der Waals surface area contributed by atoms with E-state index in [-0.39, 0.29) is 23.6 Å². The minimum Gasteiger partial charge on any atom is -0.497 e. The predicted molar refractivity (Wildman–Crippen MR) is 95.3 cm³/mol. The van der Waals surface area contributed by atoms with Crippen molar-refractivity contribution in [3.8, 4) is 5.75 Å². The standard InChI is InChI=1S/C20H15NO4/c1-24-15-6-7-16-13(10-15)8-9-21(20(16)23)12-17(22)19-11-14-4-2-3-5-18(14)25-19/h2-11H,12H2,1H3. The third kappa shape index (κ3) is 2.70. The number of nitrogens with zero attached hydrogens (tertiary/aromatic N) is 1. The fourth-order valence-electron chi connectivity index (χ4n) is 2.87. The molecule has 0 atom stereocenters. The summed E-state index contributed by atoms with van der Waals surface area (Å²) in [6.45, 7) is -0.0688. The average Bonchev–Trinajstić information content (AvgIpc) is 3.08. The normalized spacial score (nSPS) is 11.1. The van der Waals surface area contributed by atoms with E-state index in [4.69, 9.17) is 9.15 Å². The zero-order valence-corrected chi connectivity index (χ0v) is 13.6. The van der Waals surface area contributed by atoms with Crippen LogP contribution in [0.5, 0.6) is 5.75 Å². The number of furan rings is 1. The summed E-state index contributed by atoms with van der Waals surface area (Å²) in [4.78, 5) is 25.1. The Morgan fingerprint density at radius 1 is 1.08 bits per heavy atom. The third-order valence-electron chi connectivity index (χ3n) is 4.20. The lowest BCUT2D eigenvalue weighted by molar-refractivity contribution is 0.0946. The average molecular weight is 333 g/mol. The molecule has 0 unspecified atom stereocenters. The number of rotatable bonds is 4. The summed E-state index contributed by atoms with van der Waals surface area (Å²) in [5, 5.41) is 2.18. The van der Waals surface area contributed by atoms with Crippen molar-refractivity contribution in [2.24, 2.45) is 0 Å². The second kappa shape index (κ2) is 5.94.